The molecule has 16 heteroatoms. The molecule has 258 valence electrons. The Morgan fingerprint density at radius 2 is 1.88 bits per heavy atom. The number of rotatable bonds is 6. The van der Waals surface area contributed by atoms with Crippen molar-refractivity contribution in [2.24, 2.45) is 17.2 Å². The van der Waals surface area contributed by atoms with E-state index in [-0.39, 0.29) is 62.6 Å². The van der Waals surface area contributed by atoms with E-state index < -0.39 is 29.8 Å². The van der Waals surface area contributed by atoms with Gasteiger partial charge in [-0.25, -0.2) is 14.4 Å². The Morgan fingerprint density at radius 3 is 2.71 bits per heavy atom. The van der Waals surface area contributed by atoms with E-state index in [1.165, 1.54) is 34.5 Å². The monoisotopic (exact) mass is 675 g/mol. The number of aryl methyl sites for hydroxylation is 1. The number of benzene rings is 2. The molecule has 3 amide bonds. The molecule has 0 bridgehead atoms. The minimum absolute atomic E-state index is 0.0346. The molecular weight excluding hydrogens is 637 g/mol. The van der Waals surface area contributed by atoms with Crippen LogP contribution in [0.2, 0.25) is 0 Å². The normalized spacial score (nSPS) is 25.4. The molecule has 1 fully saturated rings. The molecule has 2 aromatic carbocycles. The number of ether oxygens (including phenoxy) is 3. The van der Waals surface area contributed by atoms with Gasteiger partial charge in [0.15, 0.2) is 5.82 Å². The summed E-state index contributed by atoms with van der Waals surface area (Å²) in [4.78, 5) is 51.7. The van der Waals surface area contributed by atoms with Crippen LogP contribution in [0.1, 0.15) is 29.9 Å². The number of hydrogen-bond acceptors (Lipinski definition) is 12. The highest BCUT2D eigenvalue weighted by atomic mass is 19.1. The molecule has 7 N–H and O–H groups in total. The summed E-state index contributed by atoms with van der Waals surface area (Å²) in [6, 6.07) is 5.65. The predicted octanol–water partition coefficient (Wildman–Crippen LogP) is 0.600. The molecule has 0 aliphatic carbocycles. The molecule has 15 nitrogen and oxygen atoms in total. The summed E-state index contributed by atoms with van der Waals surface area (Å²) in [5.41, 5.74) is 21.2. The van der Waals surface area contributed by atoms with Gasteiger partial charge in [-0.05, 0) is 37.0 Å². The van der Waals surface area contributed by atoms with Crippen LogP contribution in [0, 0.1) is 5.82 Å². The Morgan fingerprint density at radius 1 is 1.04 bits per heavy atom. The number of carbonyl (C=O) groups excluding carboxylic acids is 3. The molecule has 5 heterocycles. The average molecular weight is 676 g/mol. The smallest absolute Gasteiger partial charge is 0.249 e. The van der Waals surface area contributed by atoms with E-state index >= 15 is 4.39 Å². The molecule has 1 aromatic heterocycles. The Bertz CT molecular complexity index is 1800. The topological polar surface area (TPSA) is 204 Å². The van der Waals surface area contributed by atoms with Gasteiger partial charge < -0.3 is 46.5 Å². The van der Waals surface area contributed by atoms with Crippen LogP contribution in [0.5, 0.6) is 11.5 Å². The summed E-state index contributed by atoms with van der Waals surface area (Å²) in [6.45, 7) is 0.272. The fourth-order valence-corrected chi connectivity index (χ4v) is 6.71. The van der Waals surface area contributed by atoms with Crippen LogP contribution in [0.3, 0.4) is 0 Å². The van der Waals surface area contributed by atoms with Gasteiger partial charge in [-0.15, -0.1) is 0 Å². The Labute approximate surface area is 281 Å². The van der Waals surface area contributed by atoms with E-state index in [4.69, 9.17) is 31.4 Å². The van der Waals surface area contributed by atoms with Crippen LogP contribution >= 0.6 is 0 Å². The molecular formula is C33H38FN9O6. The molecule has 49 heavy (non-hydrogen) atoms. The van der Waals surface area contributed by atoms with Crippen LogP contribution in [0.4, 0.5) is 27.3 Å². The maximum Gasteiger partial charge on any atom is 0.249 e. The zero-order chi connectivity index (χ0) is 34.4. The van der Waals surface area contributed by atoms with E-state index in [0.29, 0.717) is 53.5 Å². The zero-order valence-electron chi connectivity index (χ0n) is 26.9. The van der Waals surface area contributed by atoms with Crippen molar-refractivity contribution in [1.82, 2.24) is 9.97 Å². The first-order valence-electron chi connectivity index (χ1n) is 16.1. The number of carbonyl (C=O) groups is 3. The van der Waals surface area contributed by atoms with Crippen LogP contribution in [-0.4, -0.2) is 92.0 Å². The van der Waals surface area contributed by atoms with Crippen molar-refractivity contribution in [2.45, 2.75) is 49.4 Å². The fourth-order valence-electron chi connectivity index (χ4n) is 6.71. The lowest BCUT2D eigenvalue weighted by Crippen LogP contribution is -2.52. The summed E-state index contributed by atoms with van der Waals surface area (Å²) in [7, 11) is 1.58. The summed E-state index contributed by atoms with van der Waals surface area (Å²) in [5.74, 6) is -0.619. The van der Waals surface area contributed by atoms with Crippen molar-refractivity contribution in [1.29, 1.82) is 0 Å². The molecule has 5 atom stereocenters. The summed E-state index contributed by atoms with van der Waals surface area (Å²) < 4.78 is 33.7. The van der Waals surface area contributed by atoms with Gasteiger partial charge in [-0.2, -0.15) is 0 Å². The first-order valence-corrected chi connectivity index (χ1v) is 16.1. The van der Waals surface area contributed by atoms with Gasteiger partial charge in [0.25, 0.3) is 0 Å². The second-order valence-corrected chi connectivity index (χ2v) is 12.8. The number of nitrogens with zero attached hydrogens (tertiary/aromatic N) is 5. The molecule has 4 aliphatic rings. The number of anilines is 4. The molecule has 0 radical (unpaired) electrons. The Kier molecular flexibility index (Phi) is 8.79. The first kappa shape index (κ1) is 32.6. The van der Waals surface area contributed by atoms with Crippen LogP contribution in [0.25, 0.3) is 0 Å². The number of amides is 3. The highest BCUT2D eigenvalue weighted by Crippen LogP contribution is 2.43. The van der Waals surface area contributed by atoms with Crippen molar-refractivity contribution in [3.05, 3.63) is 59.8 Å². The Hall–Kier alpha value is -4.90. The van der Waals surface area contributed by atoms with Crippen LogP contribution in [-0.2, 0) is 25.5 Å². The summed E-state index contributed by atoms with van der Waals surface area (Å²) in [6.07, 6.45) is 4.26. The van der Waals surface area contributed by atoms with Gasteiger partial charge in [-0.3, -0.25) is 19.3 Å². The van der Waals surface area contributed by atoms with Crippen LogP contribution < -0.4 is 46.7 Å². The fraction of sp³-hybridized carbons (Fsp3) is 0.424. The minimum Gasteiger partial charge on any atom is -0.491 e. The molecule has 0 saturated carbocycles. The summed E-state index contributed by atoms with van der Waals surface area (Å²) in [5, 5.41) is 2.86. The third kappa shape index (κ3) is 6.35. The number of halogens is 1. The van der Waals surface area contributed by atoms with Gasteiger partial charge >= 0.3 is 0 Å². The standard InChI is InChI=1S/C33H38FN9O6/c1-41-28-10-38-15-39-30(28)42(11-24(36)32(41)45)16-43-27-8-19(34)7-22(29(27)49-14-25(37)33(43)46)18-6-21(47-12-18)13-48-20-4-2-17-3-5-23(35)31(44)40-26(17)9-20/h2,4,7-10,15,18,21,23-25H,3,5-6,11-14,16,35-37H2,1H3,(H,40,44)/t18?,21?,23-,24-,25-/m0/s1. The molecule has 4 aliphatic heterocycles. The zero-order valence-corrected chi connectivity index (χ0v) is 26.9. The lowest BCUT2D eigenvalue weighted by Gasteiger charge is -2.32. The van der Waals surface area contributed by atoms with Crippen molar-refractivity contribution in [2.75, 3.05) is 60.1 Å². The second-order valence-electron chi connectivity index (χ2n) is 12.8. The maximum absolute atomic E-state index is 15.4. The number of nitrogens with one attached hydrogen (secondary N) is 1. The number of fused-ring (bicyclic) bond motifs is 3. The number of aromatic nitrogens is 2. The third-order valence-electron chi connectivity index (χ3n) is 9.41. The van der Waals surface area contributed by atoms with Crippen molar-refractivity contribution < 1.29 is 33.0 Å². The first-order chi connectivity index (χ1) is 23.6. The predicted molar refractivity (Wildman–Crippen MR) is 177 cm³/mol. The van der Waals surface area contributed by atoms with Gasteiger partial charge in [-0.1, -0.05) is 6.07 Å². The van der Waals surface area contributed by atoms with Crippen molar-refractivity contribution in [3.8, 4) is 11.5 Å². The largest absolute Gasteiger partial charge is 0.491 e. The minimum atomic E-state index is -1.04. The van der Waals surface area contributed by atoms with E-state index in [0.717, 1.165) is 5.56 Å². The number of likely N-dealkylation sites (N-methyl/N-ethyl adjacent to an activating group) is 1. The molecule has 2 unspecified atom stereocenters. The quantitative estimate of drug-likeness (QED) is 0.284. The maximum atomic E-state index is 15.4. The lowest BCUT2D eigenvalue weighted by atomic mass is 9.94. The molecule has 1 saturated heterocycles. The van der Waals surface area contributed by atoms with Gasteiger partial charge in [0.05, 0.1) is 37.3 Å². The molecule has 3 aromatic rings. The van der Waals surface area contributed by atoms with E-state index in [1.54, 1.807) is 18.0 Å². The van der Waals surface area contributed by atoms with Crippen molar-refractivity contribution in [3.63, 3.8) is 0 Å². The second kappa shape index (κ2) is 13.2. The number of hydrogen-bond donors (Lipinski definition) is 4. The van der Waals surface area contributed by atoms with E-state index in [9.17, 15) is 14.4 Å². The van der Waals surface area contributed by atoms with Crippen LogP contribution in [0.15, 0.2) is 42.9 Å². The summed E-state index contributed by atoms with van der Waals surface area (Å²) >= 11 is 0. The third-order valence-corrected chi connectivity index (χ3v) is 9.41. The number of nitrogens with two attached hydrogens (primary N) is 3. The van der Waals surface area contributed by atoms with E-state index in [1.807, 2.05) is 12.1 Å². The highest BCUT2D eigenvalue weighted by molar-refractivity contribution is 6.02. The van der Waals surface area contributed by atoms with Gasteiger partial charge in [0, 0.05) is 42.9 Å². The van der Waals surface area contributed by atoms with Gasteiger partial charge in [0.2, 0.25) is 17.7 Å². The lowest BCUT2D eigenvalue weighted by molar-refractivity contribution is -0.120. The molecule has 0 spiro atoms. The Balaban J connectivity index is 1.12. The SMILES string of the molecule is CN1C(=O)[C@@H](N)CN(CN2C(=O)[C@@H](N)COc3c(C4COC(COc5ccc6c(c5)NC(=O)[C@@H](N)CC6)C4)cc(F)cc32)c2ncncc21. The average Bonchev–Trinajstić information content (AvgIpc) is 3.45. The van der Waals surface area contributed by atoms with Gasteiger partial charge in [0.1, 0.15) is 54.6 Å². The van der Waals surface area contributed by atoms with E-state index in [2.05, 4.69) is 15.3 Å². The van der Waals surface area contributed by atoms with Crippen molar-refractivity contribution >= 4 is 40.6 Å². The highest BCUT2D eigenvalue weighted by Gasteiger charge is 2.38. The molecule has 7 rings (SSSR count).